The summed E-state index contributed by atoms with van der Waals surface area (Å²) in [6.07, 6.45) is 0. The first-order valence-corrected chi connectivity index (χ1v) is 9.96. The monoisotopic (exact) mass is 396 g/mol. The molecule has 0 bridgehead atoms. The van der Waals surface area contributed by atoms with Gasteiger partial charge < -0.3 is 5.32 Å². The van der Waals surface area contributed by atoms with Crippen LogP contribution in [0.4, 0.5) is 11.4 Å². The summed E-state index contributed by atoms with van der Waals surface area (Å²) in [5, 5.41) is 3.23. The first-order chi connectivity index (χ1) is 14.3. The smallest absolute Gasteiger partial charge is 0.282 e. The summed E-state index contributed by atoms with van der Waals surface area (Å²) in [6, 6.07) is 21.2. The summed E-state index contributed by atoms with van der Waals surface area (Å²) in [6.45, 7) is 7.85. The van der Waals surface area contributed by atoms with E-state index in [4.69, 9.17) is 0 Å². The molecule has 0 unspecified atom stereocenters. The zero-order valence-electron chi connectivity index (χ0n) is 17.6. The highest BCUT2D eigenvalue weighted by Gasteiger charge is 2.40. The molecule has 1 heterocycles. The van der Waals surface area contributed by atoms with Crippen molar-refractivity contribution in [3.63, 3.8) is 0 Å². The van der Waals surface area contributed by atoms with Gasteiger partial charge in [0, 0.05) is 5.69 Å². The molecule has 30 heavy (non-hydrogen) atoms. The predicted molar refractivity (Wildman–Crippen MR) is 121 cm³/mol. The van der Waals surface area contributed by atoms with E-state index < -0.39 is 0 Å². The average molecular weight is 396 g/mol. The molecule has 0 radical (unpaired) electrons. The Balaban J connectivity index is 1.86. The fraction of sp³-hybridized carbons (Fsp3) is 0.154. The number of carbonyl (C=O) groups is 2. The predicted octanol–water partition coefficient (Wildman–Crippen LogP) is 5.32. The van der Waals surface area contributed by atoms with Gasteiger partial charge in [-0.2, -0.15) is 0 Å². The summed E-state index contributed by atoms with van der Waals surface area (Å²) in [4.78, 5) is 28.3. The second-order valence-corrected chi connectivity index (χ2v) is 7.85. The van der Waals surface area contributed by atoms with E-state index in [1.54, 1.807) is 0 Å². The van der Waals surface area contributed by atoms with Gasteiger partial charge in [0.25, 0.3) is 11.8 Å². The van der Waals surface area contributed by atoms with Crippen LogP contribution in [0.5, 0.6) is 0 Å². The molecule has 1 aliphatic heterocycles. The van der Waals surface area contributed by atoms with E-state index in [-0.39, 0.29) is 11.8 Å². The van der Waals surface area contributed by atoms with E-state index in [0.717, 1.165) is 33.5 Å². The lowest BCUT2D eigenvalue weighted by Gasteiger charge is -2.18. The molecule has 3 aromatic rings. The number of rotatable bonds is 4. The highest BCUT2D eigenvalue weighted by Crippen LogP contribution is 2.35. The molecule has 4 nitrogen and oxygen atoms in total. The lowest BCUT2D eigenvalue weighted by Crippen LogP contribution is -2.33. The fourth-order valence-corrected chi connectivity index (χ4v) is 3.68. The van der Waals surface area contributed by atoms with Crippen LogP contribution >= 0.6 is 0 Å². The molecule has 2 amide bonds. The van der Waals surface area contributed by atoms with Crippen molar-refractivity contribution < 1.29 is 9.59 Å². The Bertz CT molecular complexity index is 1190. The Morgan fingerprint density at radius 2 is 1.37 bits per heavy atom. The highest BCUT2D eigenvalue weighted by molar-refractivity contribution is 6.46. The van der Waals surface area contributed by atoms with Crippen LogP contribution in [0.2, 0.25) is 0 Å². The number of anilines is 2. The largest absolute Gasteiger partial charge is 0.350 e. The van der Waals surface area contributed by atoms with Gasteiger partial charge >= 0.3 is 0 Å². The number of aryl methyl sites for hydroxylation is 4. The molecule has 150 valence electrons. The number of nitrogens with one attached hydrogen (secondary N) is 1. The second-order valence-electron chi connectivity index (χ2n) is 7.85. The molecular weight excluding hydrogens is 372 g/mol. The lowest BCUT2D eigenvalue weighted by atomic mass is 10.0. The number of imide groups is 1. The molecule has 3 aromatic carbocycles. The molecule has 0 aliphatic carbocycles. The summed E-state index contributed by atoms with van der Waals surface area (Å²) < 4.78 is 0. The van der Waals surface area contributed by atoms with Crippen molar-refractivity contribution in [3.8, 4) is 0 Å². The van der Waals surface area contributed by atoms with Crippen LogP contribution in [0.1, 0.15) is 27.8 Å². The SMILES string of the molecule is Cc1ccc(C2=C(Nc3cccc(C)c3)C(=O)N(c3cc(C)ccc3C)C2=O)cc1. The van der Waals surface area contributed by atoms with Crippen LogP contribution in [0.15, 0.2) is 72.4 Å². The number of hydrogen-bond acceptors (Lipinski definition) is 3. The summed E-state index contributed by atoms with van der Waals surface area (Å²) in [5.41, 5.74) is 6.85. The van der Waals surface area contributed by atoms with E-state index in [1.807, 2.05) is 94.4 Å². The van der Waals surface area contributed by atoms with Crippen LogP contribution in [-0.2, 0) is 9.59 Å². The van der Waals surface area contributed by atoms with Gasteiger partial charge in [-0.3, -0.25) is 9.59 Å². The van der Waals surface area contributed by atoms with Crippen LogP contribution < -0.4 is 10.2 Å². The Morgan fingerprint density at radius 3 is 2.07 bits per heavy atom. The fourth-order valence-electron chi connectivity index (χ4n) is 3.68. The zero-order chi connectivity index (χ0) is 21.4. The van der Waals surface area contributed by atoms with Gasteiger partial charge in [0.1, 0.15) is 5.70 Å². The van der Waals surface area contributed by atoms with Gasteiger partial charge in [-0.15, -0.1) is 0 Å². The zero-order valence-corrected chi connectivity index (χ0v) is 17.6. The standard InChI is InChI=1S/C26H24N2O2/c1-16-9-12-20(13-10-16)23-24(27-21-7-5-6-17(2)14-21)26(30)28(25(23)29)22-15-18(3)8-11-19(22)4/h5-15,27H,1-4H3. The van der Waals surface area contributed by atoms with Crippen molar-refractivity contribution in [1.29, 1.82) is 0 Å². The lowest BCUT2D eigenvalue weighted by molar-refractivity contribution is -0.120. The second kappa shape index (κ2) is 7.64. The van der Waals surface area contributed by atoms with Crippen LogP contribution in [0.25, 0.3) is 5.57 Å². The van der Waals surface area contributed by atoms with Crippen molar-refractivity contribution in [2.75, 3.05) is 10.2 Å². The molecule has 1 N–H and O–H groups in total. The Hall–Kier alpha value is -3.66. The molecule has 0 aromatic heterocycles. The topological polar surface area (TPSA) is 49.4 Å². The minimum Gasteiger partial charge on any atom is -0.350 e. The molecule has 0 fully saturated rings. The third-order valence-corrected chi connectivity index (χ3v) is 5.32. The molecule has 0 saturated carbocycles. The Kier molecular flexibility index (Phi) is 5.00. The van der Waals surface area contributed by atoms with Gasteiger partial charge in [-0.1, -0.05) is 54.1 Å². The number of nitrogens with zero attached hydrogens (tertiary/aromatic N) is 1. The molecule has 0 atom stereocenters. The maximum absolute atomic E-state index is 13.5. The molecule has 1 aliphatic rings. The number of carbonyl (C=O) groups excluding carboxylic acids is 2. The van der Waals surface area contributed by atoms with Crippen LogP contribution in [0.3, 0.4) is 0 Å². The summed E-state index contributed by atoms with van der Waals surface area (Å²) in [5.74, 6) is -0.654. The molecule has 0 spiro atoms. The van der Waals surface area contributed by atoms with Crippen molar-refractivity contribution in [2.45, 2.75) is 27.7 Å². The van der Waals surface area contributed by atoms with Crippen molar-refractivity contribution in [2.24, 2.45) is 0 Å². The van der Waals surface area contributed by atoms with Gasteiger partial charge in [0.2, 0.25) is 0 Å². The van der Waals surface area contributed by atoms with Crippen molar-refractivity contribution in [1.82, 2.24) is 0 Å². The normalized spacial score (nSPS) is 13.9. The molecular formula is C26H24N2O2. The number of amides is 2. The quantitative estimate of drug-likeness (QED) is 0.608. The molecule has 0 saturated heterocycles. The maximum atomic E-state index is 13.5. The van der Waals surface area contributed by atoms with Crippen LogP contribution in [0, 0.1) is 27.7 Å². The van der Waals surface area contributed by atoms with E-state index in [0.29, 0.717) is 17.0 Å². The van der Waals surface area contributed by atoms with Gasteiger partial charge in [0.05, 0.1) is 11.3 Å². The molecule has 4 rings (SSSR count). The minimum atomic E-state index is -0.342. The van der Waals surface area contributed by atoms with Crippen molar-refractivity contribution >= 4 is 28.8 Å². The average Bonchev–Trinajstić information content (AvgIpc) is 2.94. The van der Waals surface area contributed by atoms with E-state index in [9.17, 15) is 9.59 Å². The third kappa shape index (κ3) is 3.52. The van der Waals surface area contributed by atoms with E-state index in [1.165, 1.54) is 4.90 Å². The van der Waals surface area contributed by atoms with Gasteiger partial charge in [-0.25, -0.2) is 4.90 Å². The summed E-state index contributed by atoms with van der Waals surface area (Å²) in [7, 11) is 0. The highest BCUT2D eigenvalue weighted by atomic mass is 16.2. The summed E-state index contributed by atoms with van der Waals surface area (Å²) >= 11 is 0. The maximum Gasteiger partial charge on any atom is 0.282 e. The first-order valence-electron chi connectivity index (χ1n) is 9.96. The minimum absolute atomic E-state index is 0.301. The van der Waals surface area contributed by atoms with E-state index in [2.05, 4.69) is 5.32 Å². The molecule has 4 heteroatoms. The Labute approximate surface area is 176 Å². The number of benzene rings is 3. The third-order valence-electron chi connectivity index (χ3n) is 5.32. The number of hydrogen-bond donors (Lipinski definition) is 1. The first kappa shape index (κ1) is 19.6. The van der Waals surface area contributed by atoms with E-state index >= 15 is 0 Å². The van der Waals surface area contributed by atoms with Crippen molar-refractivity contribution in [3.05, 3.63) is 100 Å². The Morgan fingerprint density at radius 1 is 0.700 bits per heavy atom. The van der Waals surface area contributed by atoms with Crippen LogP contribution in [-0.4, -0.2) is 11.8 Å². The van der Waals surface area contributed by atoms with Gasteiger partial charge in [-0.05, 0) is 68.1 Å². The van der Waals surface area contributed by atoms with Gasteiger partial charge in [0.15, 0.2) is 0 Å².